The SMILES string of the molecule is O=C(NCCCC(=O)N1CCCC1C(=O)O)OCc1ccccc1. The lowest BCUT2D eigenvalue weighted by Gasteiger charge is -2.21. The average Bonchev–Trinajstić information content (AvgIpc) is 3.08. The molecule has 1 atom stereocenters. The van der Waals surface area contributed by atoms with Crippen LogP contribution in [0.5, 0.6) is 0 Å². The zero-order chi connectivity index (χ0) is 17.4. The Morgan fingerprint density at radius 1 is 1.25 bits per heavy atom. The maximum Gasteiger partial charge on any atom is 0.407 e. The minimum absolute atomic E-state index is 0.181. The number of carbonyl (C=O) groups is 3. The van der Waals surface area contributed by atoms with Crippen molar-refractivity contribution >= 4 is 18.0 Å². The Kier molecular flexibility index (Phi) is 6.60. The number of hydrogen-bond acceptors (Lipinski definition) is 4. The van der Waals surface area contributed by atoms with E-state index in [4.69, 9.17) is 9.84 Å². The van der Waals surface area contributed by atoms with E-state index in [-0.39, 0.29) is 18.9 Å². The van der Waals surface area contributed by atoms with Gasteiger partial charge >= 0.3 is 12.1 Å². The summed E-state index contributed by atoms with van der Waals surface area (Å²) in [6, 6.07) is 8.63. The summed E-state index contributed by atoms with van der Waals surface area (Å²) in [5.41, 5.74) is 0.900. The molecule has 1 aliphatic heterocycles. The van der Waals surface area contributed by atoms with E-state index in [2.05, 4.69) is 5.32 Å². The number of amides is 2. The van der Waals surface area contributed by atoms with Gasteiger partial charge in [0.15, 0.2) is 0 Å². The molecule has 130 valence electrons. The fourth-order valence-corrected chi connectivity index (χ4v) is 2.67. The molecule has 1 aromatic rings. The van der Waals surface area contributed by atoms with Gasteiger partial charge in [0.05, 0.1) is 0 Å². The molecule has 1 aromatic carbocycles. The lowest BCUT2D eigenvalue weighted by atomic mass is 10.2. The van der Waals surface area contributed by atoms with Crippen LogP contribution in [-0.4, -0.2) is 47.1 Å². The number of hydrogen-bond donors (Lipinski definition) is 2. The number of nitrogens with zero attached hydrogens (tertiary/aromatic N) is 1. The lowest BCUT2D eigenvalue weighted by Crippen LogP contribution is -2.40. The molecule has 1 saturated heterocycles. The van der Waals surface area contributed by atoms with Crippen LogP contribution in [0, 0.1) is 0 Å². The van der Waals surface area contributed by atoms with Gasteiger partial charge in [-0.15, -0.1) is 0 Å². The van der Waals surface area contributed by atoms with Crippen LogP contribution in [0.1, 0.15) is 31.2 Å². The van der Waals surface area contributed by atoms with Crippen molar-refractivity contribution in [1.29, 1.82) is 0 Å². The maximum atomic E-state index is 12.0. The van der Waals surface area contributed by atoms with Gasteiger partial charge in [-0.2, -0.15) is 0 Å². The summed E-state index contributed by atoms with van der Waals surface area (Å²) in [5.74, 6) is -1.14. The highest BCUT2D eigenvalue weighted by atomic mass is 16.5. The predicted octanol–water partition coefficient (Wildman–Crippen LogP) is 1.77. The molecule has 7 heteroatoms. The van der Waals surface area contributed by atoms with Gasteiger partial charge in [-0.25, -0.2) is 9.59 Å². The first-order valence-electron chi connectivity index (χ1n) is 8.05. The maximum absolute atomic E-state index is 12.0. The molecule has 0 aliphatic carbocycles. The summed E-state index contributed by atoms with van der Waals surface area (Å²) in [6.07, 6.45) is 1.35. The smallest absolute Gasteiger partial charge is 0.407 e. The topological polar surface area (TPSA) is 95.9 Å². The van der Waals surface area contributed by atoms with Crippen molar-refractivity contribution in [1.82, 2.24) is 10.2 Å². The second-order valence-electron chi connectivity index (χ2n) is 5.68. The van der Waals surface area contributed by atoms with Crippen LogP contribution < -0.4 is 5.32 Å². The molecule has 0 bridgehead atoms. The first kappa shape index (κ1) is 17.8. The van der Waals surface area contributed by atoms with Crippen molar-refractivity contribution in [3.63, 3.8) is 0 Å². The van der Waals surface area contributed by atoms with Gasteiger partial charge in [0.2, 0.25) is 5.91 Å². The first-order valence-corrected chi connectivity index (χ1v) is 8.05. The molecule has 7 nitrogen and oxygen atoms in total. The van der Waals surface area contributed by atoms with Crippen LogP contribution in [0.3, 0.4) is 0 Å². The summed E-state index contributed by atoms with van der Waals surface area (Å²) in [7, 11) is 0. The van der Waals surface area contributed by atoms with E-state index in [0.29, 0.717) is 32.4 Å². The molecular weight excluding hydrogens is 312 g/mol. The molecule has 2 amide bonds. The molecule has 1 heterocycles. The highest BCUT2D eigenvalue weighted by Crippen LogP contribution is 2.18. The molecule has 2 N–H and O–H groups in total. The number of carbonyl (C=O) groups excluding carboxylic acids is 2. The highest BCUT2D eigenvalue weighted by molar-refractivity contribution is 5.84. The van der Waals surface area contributed by atoms with Gasteiger partial charge in [-0.1, -0.05) is 30.3 Å². The summed E-state index contributed by atoms with van der Waals surface area (Å²) in [5, 5.41) is 11.6. The number of carboxylic acid groups (broad SMARTS) is 1. The standard InChI is InChI=1S/C17H22N2O5/c20-15(19-11-5-8-14(19)16(21)22)9-4-10-18-17(23)24-12-13-6-2-1-3-7-13/h1-3,6-7,14H,4-5,8-12H2,(H,18,23)(H,21,22). The van der Waals surface area contributed by atoms with Gasteiger partial charge in [0, 0.05) is 19.5 Å². The Morgan fingerprint density at radius 2 is 2.00 bits per heavy atom. The molecular formula is C17H22N2O5. The number of ether oxygens (including phenoxy) is 1. The van der Waals surface area contributed by atoms with E-state index in [1.807, 2.05) is 30.3 Å². The third-order valence-electron chi connectivity index (χ3n) is 3.91. The molecule has 1 unspecified atom stereocenters. The van der Waals surface area contributed by atoms with E-state index >= 15 is 0 Å². The number of likely N-dealkylation sites (tertiary alicyclic amines) is 1. The molecule has 1 fully saturated rings. The van der Waals surface area contributed by atoms with Crippen LogP contribution in [0.4, 0.5) is 4.79 Å². The summed E-state index contributed by atoms with van der Waals surface area (Å²) in [4.78, 5) is 36.1. The van der Waals surface area contributed by atoms with Gasteiger partial charge in [0.1, 0.15) is 12.6 Å². The molecule has 1 aliphatic rings. The first-order chi connectivity index (χ1) is 11.6. The van der Waals surface area contributed by atoms with Gasteiger partial charge < -0.3 is 20.1 Å². The van der Waals surface area contributed by atoms with Crippen molar-refractivity contribution in [3.05, 3.63) is 35.9 Å². The predicted molar refractivity (Wildman–Crippen MR) is 86.2 cm³/mol. The average molecular weight is 334 g/mol. The lowest BCUT2D eigenvalue weighted by molar-refractivity contribution is -0.148. The van der Waals surface area contributed by atoms with Crippen LogP contribution >= 0.6 is 0 Å². The third kappa shape index (κ3) is 5.26. The van der Waals surface area contributed by atoms with Crippen LogP contribution in [0.25, 0.3) is 0 Å². The number of benzene rings is 1. The van der Waals surface area contributed by atoms with Crippen molar-refractivity contribution in [2.45, 2.75) is 38.3 Å². The minimum Gasteiger partial charge on any atom is -0.480 e. The molecule has 0 saturated carbocycles. The second-order valence-corrected chi connectivity index (χ2v) is 5.68. The zero-order valence-corrected chi connectivity index (χ0v) is 13.4. The van der Waals surface area contributed by atoms with E-state index < -0.39 is 18.1 Å². The number of nitrogens with one attached hydrogen (secondary N) is 1. The van der Waals surface area contributed by atoms with Crippen molar-refractivity contribution in [3.8, 4) is 0 Å². The largest absolute Gasteiger partial charge is 0.480 e. The van der Waals surface area contributed by atoms with E-state index in [9.17, 15) is 14.4 Å². The number of aliphatic carboxylic acids is 1. The highest BCUT2D eigenvalue weighted by Gasteiger charge is 2.33. The normalized spacial score (nSPS) is 16.7. The van der Waals surface area contributed by atoms with Gasteiger partial charge in [-0.05, 0) is 24.8 Å². The monoisotopic (exact) mass is 334 g/mol. The fourth-order valence-electron chi connectivity index (χ4n) is 2.67. The summed E-state index contributed by atoms with van der Waals surface area (Å²) in [6.45, 7) is 0.993. The molecule has 0 spiro atoms. The van der Waals surface area contributed by atoms with Gasteiger partial charge in [0.25, 0.3) is 0 Å². The zero-order valence-electron chi connectivity index (χ0n) is 13.4. The van der Waals surface area contributed by atoms with Gasteiger partial charge in [-0.3, -0.25) is 4.79 Å². The second kappa shape index (κ2) is 8.90. The quantitative estimate of drug-likeness (QED) is 0.741. The third-order valence-corrected chi connectivity index (χ3v) is 3.91. The van der Waals surface area contributed by atoms with E-state index in [1.54, 1.807) is 0 Å². The Bertz CT molecular complexity index is 576. The fraction of sp³-hybridized carbons (Fsp3) is 0.471. The van der Waals surface area contributed by atoms with E-state index in [0.717, 1.165) is 5.56 Å². The number of carboxylic acids is 1. The Morgan fingerprint density at radius 3 is 2.71 bits per heavy atom. The van der Waals surface area contributed by atoms with Crippen LogP contribution in [0.15, 0.2) is 30.3 Å². The van der Waals surface area contributed by atoms with Crippen LogP contribution in [0.2, 0.25) is 0 Å². The molecule has 0 aromatic heterocycles. The summed E-state index contributed by atoms with van der Waals surface area (Å²) < 4.78 is 5.06. The van der Waals surface area contributed by atoms with Crippen molar-refractivity contribution in [2.75, 3.05) is 13.1 Å². The Hall–Kier alpha value is -2.57. The van der Waals surface area contributed by atoms with Crippen molar-refractivity contribution in [2.24, 2.45) is 0 Å². The number of rotatable bonds is 7. The molecule has 2 rings (SSSR count). The minimum atomic E-state index is -0.955. The Labute approximate surface area is 140 Å². The molecule has 0 radical (unpaired) electrons. The van der Waals surface area contributed by atoms with Crippen molar-refractivity contribution < 1.29 is 24.2 Å². The van der Waals surface area contributed by atoms with Crippen LogP contribution in [-0.2, 0) is 20.9 Å². The number of alkyl carbamates (subject to hydrolysis) is 1. The van der Waals surface area contributed by atoms with E-state index in [1.165, 1.54) is 4.90 Å². The summed E-state index contributed by atoms with van der Waals surface area (Å²) >= 11 is 0. The Balaban J connectivity index is 1.61. The molecule has 24 heavy (non-hydrogen) atoms.